The number of fused-ring (bicyclic) bond motifs is 1. The van der Waals surface area contributed by atoms with Crippen molar-refractivity contribution in [2.24, 2.45) is 0 Å². The van der Waals surface area contributed by atoms with Crippen molar-refractivity contribution < 1.29 is 4.74 Å². The number of benzene rings is 2. The van der Waals surface area contributed by atoms with Crippen molar-refractivity contribution in [2.75, 3.05) is 19.6 Å². The highest BCUT2D eigenvalue weighted by Gasteiger charge is 2.14. The zero-order valence-corrected chi connectivity index (χ0v) is 20.1. The quantitative estimate of drug-likeness (QED) is 0.346. The molecule has 6 nitrogen and oxygen atoms in total. The molecule has 0 bridgehead atoms. The fourth-order valence-electron chi connectivity index (χ4n) is 4.74. The Morgan fingerprint density at radius 2 is 1.91 bits per heavy atom. The summed E-state index contributed by atoms with van der Waals surface area (Å²) in [5, 5.41) is 9.13. The molecule has 0 saturated heterocycles. The standard InChI is InChI=1S/C28H33N5O/c1-21(2)34-28-8-4-3-6-23(28)16-22-11-14-32(15-12-22)13-5-7-24-18-29-27-10-9-25(17-26(24)27)33-19-30-31-20-33/h3-4,6,8-11,17-21,29H,5,7,12-16H2,1-2H3. The van der Waals surface area contributed by atoms with Gasteiger partial charge < -0.3 is 9.72 Å². The van der Waals surface area contributed by atoms with Gasteiger partial charge in [0, 0.05) is 35.9 Å². The highest BCUT2D eigenvalue weighted by atomic mass is 16.5. The van der Waals surface area contributed by atoms with Gasteiger partial charge in [-0.1, -0.05) is 29.8 Å². The van der Waals surface area contributed by atoms with Crippen LogP contribution in [0, 0.1) is 0 Å². The maximum atomic E-state index is 6.01. The Labute approximate surface area is 201 Å². The minimum atomic E-state index is 0.198. The summed E-state index contributed by atoms with van der Waals surface area (Å²) in [6, 6.07) is 14.9. The van der Waals surface area contributed by atoms with Crippen molar-refractivity contribution in [1.82, 2.24) is 24.6 Å². The molecule has 6 heteroatoms. The third-order valence-electron chi connectivity index (χ3n) is 6.53. The summed E-state index contributed by atoms with van der Waals surface area (Å²) in [5.74, 6) is 1.02. The van der Waals surface area contributed by atoms with Gasteiger partial charge in [-0.25, -0.2) is 0 Å². The molecule has 0 radical (unpaired) electrons. The molecular formula is C28H33N5O. The van der Waals surface area contributed by atoms with E-state index in [-0.39, 0.29) is 6.10 Å². The monoisotopic (exact) mass is 455 g/mol. The SMILES string of the molecule is CC(C)Oc1ccccc1CC1=CCN(CCCc2c[nH]c3ccc(-n4cnnc4)cc23)CC1. The van der Waals surface area contributed by atoms with Gasteiger partial charge in [-0.05, 0) is 81.5 Å². The number of rotatable bonds is 9. The fraction of sp³-hybridized carbons (Fsp3) is 0.357. The van der Waals surface area contributed by atoms with E-state index in [0.717, 1.165) is 56.8 Å². The van der Waals surface area contributed by atoms with E-state index in [1.807, 2.05) is 4.57 Å². The predicted molar refractivity (Wildman–Crippen MR) is 137 cm³/mol. The van der Waals surface area contributed by atoms with Crippen LogP contribution in [0.1, 0.15) is 37.8 Å². The first-order chi connectivity index (χ1) is 16.7. The minimum Gasteiger partial charge on any atom is -0.491 e. The fourth-order valence-corrected chi connectivity index (χ4v) is 4.74. The van der Waals surface area contributed by atoms with Crippen LogP contribution in [-0.2, 0) is 12.8 Å². The molecule has 1 N–H and O–H groups in total. The average Bonchev–Trinajstić information content (AvgIpc) is 3.51. The molecule has 0 spiro atoms. The lowest BCUT2D eigenvalue weighted by Gasteiger charge is -2.26. The topological polar surface area (TPSA) is 59.0 Å². The first-order valence-corrected chi connectivity index (χ1v) is 12.3. The van der Waals surface area contributed by atoms with Crippen molar-refractivity contribution in [2.45, 2.75) is 45.6 Å². The molecule has 0 saturated carbocycles. The van der Waals surface area contributed by atoms with Crippen LogP contribution in [0.3, 0.4) is 0 Å². The van der Waals surface area contributed by atoms with Gasteiger partial charge in [0.2, 0.25) is 0 Å². The molecule has 0 amide bonds. The number of H-pyrrole nitrogens is 1. The van der Waals surface area contributed by atoms with Gasteiger partial charge in [-0.3, -0.25) is 9.47 Å². The van der Waals surface area contributed by atoms with Crippen molar-refractivity contribution in [3.8, 4) is 11.4 Å². The maximum Gasteiger partial charge on any atom is 0.123 e. The van der Waals surface area contributed by atoms with Gasteiger partial charge in [-0.2, -0.15) is 0 Å². The molecule has 1 aliphatic rings. The number of hydrogen-bond donors (Lipinski definition) is 1. The molecule has 5 rings (SSSR count). The van der Waals surface area contributed by atoms with E-state index in [1.54, 1.807) is 12.7 Å². The van der Waals surface area contributed by atoms with Crippen LogP contribution in [-0.4, -0.2) is 50.4 Å². The van der Waals surface area contributed by atoms with Crippen LogP contribution in [0.5, 0.6) is 5.75 Å². The van der Waals surface area contributed by atoms with Gasteiger partial charge in [-0.15, -0.1) is 10.2 Å². The molecule has 2 aromatic heterocycles. The number of aryl methyl sites for hydroxylation is 1. The zero-order valence-electron chi connectivity index (χ0n) is 20.1. The van der Waals surface area contributed by atoms with E-state index in [9.17, 15) is 0 Å². The van der Waals surface area contributed by atoms with E-state index in [4.69, 9.17) is 4.74 Å². The Kier molecular flexibility index (Phi) is 6.77. The second-order valence-electron chi connectivity index (χ2n) is 9.38. The summed E-state index contributed by atoms with van der Waals surface area (Å²) in [7, 11) is 0. The van der Waals surface area contributed by atoms with Gasteiger partial charge in [0.25, 0.3) is 0 Å². The predicted octanol–water partition coefficient (Wildman–Crippen LogP) is 5.34. The van der Waals surface area contributed by atoms with Crippen LogP contribution >= 0.6 is 0 Å². The Morgan fingerprint density at radius 1 is 1.06 bits per heavy atom. The number of nitrogens with one attached hydrogen (secondary N) is 1. The number of ether oxygens (including phenoxy) is 1. The lowest BCUT2D eigenvalue weighted by atomic mass is 9.98. The Hall–Kier alpha value is -3.38. The second kappa shape index (κ2) is 10.3. The van der Waals surface area contributed by atoms with Crippen molar-refractivity contribution in [3.05, 3.63) is 84.1 Å². The molecule has 0 unspecified atom stereocenters. The normalized spacial score (nSPS) is 14.6. The van der Waals surface area contributed by atoms with Crippen LogP contribution in [0.2, 0.25) is 0 Å². The molecular weight excluding hydrogens is 422 g/mol. The van der Waals surface area contributed by atoms with Crippen molar-refractivity contribution >= 4 is 10.9 Å². The molecule has 34 heavy (non-hydrogen) atoms. The summed E-state index contributed by atoms with van der Waals surface area (Å²) in [6.07, 6.45) is 12.6. The summed E-state index contributed by atoms with van der Waals surface area (Å²) in [4.78, 5) is 5.99. The van der Waals surface area contributed by atoms with Crippen molar-refractivity contribution in [1.29, 1.82) is 0 Å². The maximum absolute atomic E-state index is 6.01. The summed E-state index contributed by atoms with van der Waals surface area (Å²) >= 11 is 0. The van der Waals surface area contributed by atoms with Gasteiger partial charge in [0.1, 0.15) is 18.4 Å². The minimum absolute atomic E-state index is 0.198. The molecule has 3 heterocycles. The summed E-state index contributed by atoms with van der Waals surface area (Å²) in [5.41, 5.74) is 6.46. The van der Waals surface area contributed by atoms with Gasteiger partial charge in [0.15, 0.2) is 0 Å². The largest absolute Gasteiger partial charge is 0.491 e. The number of nitrogens with zero attached hydrogens (tertiary/aromatic N) is 4. The van der Waals surface area contributed by atoms with Crippen molar-refractivity contribution in [3.63, 3.8) is 0 Å². The number of para-hydroxylation sites is 1. The van der Waals surface area contributed by atoms with E-state index >= 15 is 0 Å². The molecule has 0 aliphatic carbocycles. The molecule has 0 fully saturated rings. The lowest BCUT2D eigenvalue weighted by molar-refractivity contribution is 0.240. The van der Waals surface area contributed by atoms with E-state index in [2.05, 4.69) is 88.7 Å². The number of aromatic amines is 1. The first kappa shape index (κ1) is 22.4. The molecule has 2 aromatic carbocycles. The Bertz CT molecular complexity index is 1260. The van der Waals surface area contributed by atoms with E-state index in [0.29, 0.717) is 0 Å². The molecule has 1 aliphatic heterocycles. The third-order valence-corrected chi connectivity index (χ3v) is 6.53. The number of aromatic nitrogens is 4. The Balaban J connectivity index is 1.15. The van der Waals surface area contributed by atoms with Crippen LogP contribution in [0.4, 0.5) is 0 Å². The van der Waals surface area contributed by atoms with Gasteiger partial charge in [0.05, 0.1) is 6.10 Å². The second-order valence-corrected chi connectivity index (χ2v) is 9.38. The molecule has 4 aromatic rings. The highest BCUT2D eigenvalue weighted by Crippen LogP contribution is 2.26. The summed E-state index contributed by atoms with van der Waals surface area (Å²) in [6.45, 7) is 7.45. The zero-order chi connectivity index (χ0) is 23.3. The first-order valence-electron chi connectivity index (χ1n) is 12.3. The van der Waals surface area contributed by atoms with E-state index < -0.39 is 0 Å². The average molecular weight is 456 g/mol. The highest BCUT2D eigenvalue weighted by molar-refractivity contribution is 5.85. The summed E-state index contributed by atoms with van der Waals surface area (Å²) < 4.78 is 7.95. The lowest BCUT2D eigenvalue weighted by Crippen LogP contribution is -2.30. The number of hydrogen-bond acceptors (Lipinski definition) is 4. The van der Waals surface area contributed by atoms with Crippen LogP contribution < -0.4 is 4.74 Å². The van der Waals surface area contributed by atoms with Crippen LogP contribution in [0.25, 0.3) is 16.6 Å². The Morgan fingerprint density at radius 3 is 2.71 bits per heavy atom. The smallest absolute Gasteiger partial charge is 0.123 e. The third kappa shape index (κ3) is 5.23. The van der Waals surface area contributed by atoms with E-state index in [1.165, 1.54) is 27.6 Å². The molecule has 176 valence electrons. The molecule has 0 atom stereocenters. The van der Waals surface area contributed by atoms with Gasteiger partial charge >= 0.3 is 0 Å². The van der Waals surface area contributed by atoms with Crippen LogP contribution in [0.15, 0.2) is 73.0 Å².